The van der Waals surface area contributed by atoms with Crippen LogP contribution >= 0.6 is 0 Å². The van der Waals surface area contributed by atoms with Crippen molar-refractivity contribution in [2.45, 2.75) is 6.92 Å². The first-order valence-electron chi connectivity index (χ1n) is 5.01. The standard InChI is InChI=1S/C14H14O/c1-11-4-3-5-13(10-11)12-6-8-14(15-2)9-7-12/h3-10H,1-2H3. The predicted molar refractivity (Wildman–Crippen MR) is 63.2 cm³/mol. The van der Waals surface area contributed by atoms with E-state index in [2.05, 4.69) is 43.3 Å². The second-order valence-corrected chi connectivity index (χ2v) is 3.60. The molecule has 0 spiro atoms. The molecule has 1 heteroatoms. The zero-order valence-electron chi connectivity index (χ0n) is 9.03. The first-order chi connectivity index (χ1) is 7.29. The summed E-state index contributed by atoms with van der Waals surface area (Å²) >= 11 is 0. The lowest BCUT2D eigenvalue weighted by Crippen LogP contribution is -1.83. The minimum atomic E-state index is 0.895. The fourth-order valence-electron chi connectivity index (χ4n) is 1.61. The third kappa shape index (κ3) is 2.18. The van der Waals surface area contributed by atoms with Crippen LogP contribution in [0.5, 0.6) is 5.75 Å². The Hall–Kier alpha value is -1.76. The first kappa shape index (κ1) is 9.78. The molecule has 0 atom stereocenters. The molecule has 2 rings (SSSR count). The Morgan fingerprint density at radius 1 is 0.867 bits per heavy atom. The van der Waals surface area contributed by atoms with Gasteiger partial charge in [-0.2, -0.15) is 0 Å². The molecule has 2 aromatic rings. The number of aryl methyl sites for hydroxylation is 1. The van der Waals surface area contributed by atoms with Crippen LogP contribution in [0.25, 0.3) is 11.1 Å². The van der Waals surface area contributed by atoms with E-state index in [0.29, 0.717) is 0 Å². The maximum absolute atomic E-state index is 5.13. The molecule has 0 amide bonds. The fraction of sp³-hybridized carbons (Fsp3) is 0.143. The Labute approximate surface area is 90.3 Å². The van der Waals surface area contributed by atoms with Gasteiger partial charge in [0, 0.05) is 0 Å². The van der Waals surface area contributed by atoms with Gasteiger partial charge in [-0.1, -0.05) is 42.0 Å². The minimum absolute atomic E-state index is 0.895. The molecule has 1 nitrogen and oxygen atoms in total. The third-order valence-electron chi connectivity index (χ3n) is 2.44. The van der Waals surface area contributed by atoms with Crippen LogP contribution in [0.2, 0.25) is 0 Å². The lowest BCUT2D eigenvalue weighted by atomic mass is 10.0. The normalized spacial score (nSPS) is 10.0. The maximum atomic E-state index is 5.13. The number of methoxy groups -OCH3 is 1. The van der Waals surface area contributed by atoms with E-state index in [0.717, 1.165) is 5.75 Å². The van der Waals surface area contributed by atoms with Crippen molar-refractivity contribution in [2.75, 3.05) is 7.11 Å². The highest BCUT2D eigenvalue weighted by Gasteiger charge is 1.97. The zero-order chi connectivity index (χ0) is 10.7. The van der Waals surface area contributed by atoms with Gasteiger partial charge in [-0.05, 0) is 30.2 Å². The van der Waals surface area contributed by atoms with Crippen molar-refractivity contribution in [1.29, 1.82) is 0 Å². The molecule has 0 unspecified atom stereocenters. The molecule has 0 fully saturated rings. The Morgan fingerprint density at radius 3 is 2.20 bits per heavy atom. The van der Waals surface area contributed by atoms with Crippen molar-refractivity contribution in [3.8, 4) is 16.9 Å². The fourth-order valence-corrected chi connectivity index (χ4v) is 1.61. The Bertz CT molecular complexity index is 443. The molecule has 0 aliphatic carbocycles. The summed E-state index contributed by atoms with van der Waals surface area (Å²) in [6.07, 6.45) is 0. The van der Waals surface area contributed by atoms with Crippen LogP contribution in [0, 0.1) is 6.92 Å². The highest BCUT2D eigenvalue weighted by molar-refractivity contribution is 5.64. The van der Waals surface area contributed by atoms with E-state index in [9.17, 15) is 0 Å². The summed E-state index contributed by atoms with van der Waals surface area (Å²) < 4.78 is 5.13. The summed E-state index contributed by atoms with van der Waals surface area (Å²) in [5, 5.41) is 0. The van der Waals surface area contributed by atoms with Crippen LogP contribution in [-0.4, -0.2) is 7.11 Å². The van der Waals surface area contributed by atoms with Gasteiger partial charge >= 0.3 is 0 Å². The molecule has 15 heavy (non-hydrogen) atoms. The molecule has 0 aliphatic heterocycles. The Kier molecular flexibility index (Phi) is 2.72. The lowest BCUT2D eigenvalue weighted by Gasteiger charge is -2.04. The van der Waals surface area contributed by atoms with Gasteiger partial charge < -0.3 is 4.74 Å². The summed E-state index contributed by atoms with van der Waals surface area (Å²) in [6, 6.07) is 16.6. The van der Waals surface area contributed by atoms with Crippen LogP contribution in [0.1, 0.15) is 5.56 Å². The van der Waals surface area contributed by atoms with E-state index in [1.165, 1.54) is 16.7 Å². The van der Waals surface area contributed by atoms with Crippen molar-refractivity contribution < 1.29 is 4.74 Å². The van der Waals surface area contributed by atoms with Gasteiger partial charge in [-0.15, -0.1) is 0 Å². The van der Waals surface area contributed by atoms with Crippen LogP contribution in [0.3, 0.4) is 0 Å². The van der Waals surface area contributed by atoms with Gasteiger partial charge in [-0.3, -0.25) is 0 Å². The number of ether oxygens (including phenoxy) is 1. The SMILES string of the molecule is COc1ccc(-c2cccc(C)c2)cc1. The van der Waals surface area contributed by atoms with E-state index < -0.39 is 0 Å². The summed E-state index contributed by atoms with van der Waals surface area (Å²) in [5.41, 5.74) is 3.75. The van der Waals surface area contributed by atoms with E-state index in [1.807, 2.05) is 12.1 Å². The van der Waals surface area contributed by atoms with Crippen molar-refractivity contribution in [3.63, 3.8) is 0 Å². The molecule has 0 saturated carbocycles. The molecule has 0 saturated heterocycles. The van der Waals surface area contributed by atoms with Gasteiger partial charge in [0.2, 0.25) is 0 Å². The average molecular weight is 198 g/mol. The molecule has 2 aromatic carbocycles. The number of hydrogen-bond acceptors (Lipinski definition) is 1. The van der Waals surface area contributed by atoms with Gasteiger partial charge in [0.1, 0.15) is 5.75 Å². The first-order valence-corrected chi connectivity index (χ1v) is 5.01. The quantitative estimate of drug-likeness (QED) is 0.715. The largest absolute Gasteiger partial charge is 0.497 e. The molecule has 0 radical (unpaired) electrons. The molecule has 0 aromatic heterocycles. The molecular formula is C14H14O. The summed E-state index contributed by atoms with van der Waals surface area (Å²) in [5.74, 6) is 0.895. The van der Waals surface area contributed by atoms with Crippen molar-refractivity contribution in [3.05, 3.63) is 54.1 Å². The monoisotopic (exact) mass is 198 g/mol. The van der Waals surface area contributed by atoms with Crippen LogP contribution in [-0.2, 0) is 0 Å². The van der Waals surface area contributed by atoms with Crippen LogP contribution in [0.15, 0.2) is 48.5 Å². The predicted octanol–water partition coefficient (Wildman–Crippen LogP) is 3.67. The van der Waals surface area contributed by atoms with Crippen molar-refractivity contribution in [1.82, 2.24) is 0 Å². The van der Waals surface area contributed by atoms with E-state index >= 15 is 0 Å². The van der Waals surface area contributed by atoms with Crippen molar-refractivity contribution in [2.24, 2.45) is 0 Å². The Morgan fingerprint density at radius 2 is 1.60 bits per heavy atom. The lowest BCUT2D eigenvalue weighted by molar-refractivity contribution is 0.415. The minimum Gasteiger partial charge on any atom is -0.497 e. The molecule has 0 heterocycles. The van der Waals surface area contributed by atoms with Gasteiger partial charge in [0.05, 0.1) is 7.11 Å². The topological polar surface area (TPSA) is 9.23 Å². The molecular weight excluding hydrogens is 184 g/mol. The van der Waals surface area contributed by atoms with Crippen molar-refractivity contribution >= 4 is 0 Å². The molecule has 0 bridgehead atoms. The summed E-state index contributed by atoms with van der Waals surface area (Å²) in [6.45, 7) is 2.10. The van der Waals surface area contributed by atoms with E-state index in [1.54, 1.807) is 7.11 Å². The smallest absolute Gasteiger partial charge is 0.118 e. The third-order valence-corrected chi connectivity index (χ3v) is 2.44. The average Bonchev–Trinajstić information content (AvgIpc) is 2.29. The summed E-state index contributed by atoms with van der Waals surface area (Å²) in [7, 11) is 1.68. The highest BCUT2D eigenvalue weighted by atomic mass is 16.5. The molecule has 76 valence electrons. The van der Waals surface area contributed by atoms with Gasteiger partial charge in [0.15, 0.2) is 0 Å². The van der Waals surface area contributed by atoms with Gasteiger partial charge in [0.25, 0.3) is 0 Å². The summed E-state index contributed by atoms with van der Waals surface area (Å²) in [4.78, 5) is 0. The Balaban J connectivity index is 2.37. The highest BCUT2D eigenvalue weighted by Crippen LogP contribution is 2.22. The zero-order valence-corrected chi connectivity index (χ0v) is 9.03. The number of hydrogen-bond donors (Lipinski definition) is 0. The van der Waals surface area contributed by atoms with Gasteiger partial charge in [-0.25, -0.2) is 0 Å². The number of benzene rings is 2. The molecule has 0 N–H and O–H groups in total. The maximum Gasteiger partial charge on any atom is 0.118 e. The molecule has 0 aliphatic rings. The second-order valence-electron chi connectivity index (χ2n) is 3.60. The van der Waals surface area contributed by atoms with E-state index in [-0.39, 0.29) is 0 Å². The van der Waals surface area contributed by atoms with Crippen LogP contribution < -0.4 is 4.74 Å². The van der Waals surface area contributed by atoms with E-state index in [4.69, 9.17) is 4.74 Å². The van der Waals surface area contributed by atoms with Crippen LogP contribution in [0.4, 0.5) is 0 Å². The number of rotatable bonds is 2. The second kappa shape index (κ2) is 4.18.